The SMILES string of the molecule is O=C(NCc1cc2cc(Cl)ccc2[nH]1)N[C@@H]1CCCN(C(=O)CC2CCC2)C1. The third-order valence-corrected chi connectivity index (χ3v) is 6.11. The van der Waals surface area contributed by atoms with Gasteiger partial charge in [-0.3, -0.25) is 4.79 Å². The number of hydrogen-bond acceptors (Lipinski definition) is 2. The van der Waals surface area contributed by atoms with Gasteiger partial charge in [-0.25, -0.2) is 4.79 Å². The van der Waals surface area contributed by atoms with Crippen LogP contribution in [0.5, 0.6) is 0 Å². The maximum absolute atomic E-state index is 12.4. The Labute approximate surface area is 170 Å². The second-order valence-electron chi connectivity index (χ2n) is 8.03. The lowest BCUT2D eigenvalue weighted by atomic mass is 9.82. The van der Waals surface area contributed by atoms with Crippen molar-refractivity contribution in [3.05, 3.63) is 35.0 Å². The van der Waals surface area contributed by atoms with Crippen molar-refractivity contribution in [2.24, 2.45) is 5.92 Å². The van der Waals surface area contributed by atoms with Crippen LogP contribution in [-0.4, -0.2) is 41.0 Å². The molecule has 1 aliphatic heterocycles. The molecule has 1 aromatic carbocycles. The smallest absolute Gasteiger partial charge is 0.315 e. The number of urea groups is 1. The van der Waals surface area contributed by atoms with Crippen molar-refractivity contribution in [3.8, 4) is 0 Å². The van der Waals surface area contributed by atoms with Gasteiger partial charge in [0.2, 0.25) is 5.91 Å². The van der Waals surface area contributed by atoms with Crippen LogP contribution in [0.4, 0.5) is 4.79 Å². The first-order chi connectivity index (χ1) is 13.6. The molecule has 150 valence electrons. The van der Waals surface area contributed by atoms with Gasteiger partial charge in [0.25, 0.3) is 0 Å². The van der Waals surface area contributed by atoms with E-state index < -0.39 is 0 Å². The number of carbonyl (C=O) groups is 2. The average molecular weight is 403 g/mol. The Hall–Kier alpha value is -2.21. The van der Waals surface area contributed by atoms with E-state index >= 15 is 0 Å². The molecule has 2 aromatic rings. The zero-order chi connectivity index (χ0) is 19.5. The Morgan fingerprint density at radius 2 is 2.04 bits per heavy atom. The molecule has 1 saturated carbocycles. The zero-order valence-corrected chi connectivity index (χ0v) is 16.7. The van der Waals surface area contributed by atoms with Gasteiger partial charge in [-0.05, 0) is 55.9 Å². The van der Waals surface area contributed by atoms with E-state index in [1.54, 1.807) is 0 Å². The van der Waals surface area contributed by atoms with E-state index in [0.717, 1.165) is 36.0 Å². The lowest BCUT2D eigenvalue weighted by Crippen LogP contribution is -2.52. The van der Waals surface area contributed by atoms with Crippen molar-refractivity contribution in [1.82, 2.24) is 20.5 Å². The molecule has 2 aliphatic rings. The summed E-state index contributed by atoms with van der Waals surface area (Å²) >= 11 is 6.02. The fourth-order valence-electron chi connectivity index (χ4n) is 4.07. The Bertz CT molecular complexity index is 861. The lowest BCUT2D eigenvalue weighted by Gasteiger charge is -2.35. The summed E-state index contributed by atoms with van der Waals surface area (Å²) in [5.41, 5.74) is 1.92. The van der Waals surface area contributed by atoms with Crippen LogP contribution in [0.15, 0.2) is 24.3 Å². The predicted octanol–water partition coefficient (Wildman–Crippen LogP) is 3.80. The molecule has 2 heterocycles. The molecule has 3 amide bonds. The van der Waals surface area contributed by atoms with Gasteiger partial charge in [-0.15, -0.1) is 0 Å². The standard InChI is InChI=1S/C21H27ClN4O2/c22-16-6-7-19-15(10-16)11-18(24-19)12-23-21(28)25-17-5-2-8-26(13-17)20(27)9-14-3-1-4-14/h6-7,10-11,14,17,24H,1-5,8-9,12-13H2,(H2,23,25,28)/t17-/m1/s1. The fraction of sp³-hybridized carbons (Fsp3) is 0.524. The van der Waals surface area contributed by atoms with Crippen molar-refractivity contribution in [2.45, 2.75) is 51.1 Å². The Kier molecular flexibility index (Phi) is 5.76. The van der Waals surface area contributed by atoms with Crippen LogP contribution < -0.4 is 10.6 Å². The highest BCUT2D eigenvalue weighted by Crippen LogP contribution is 2.30. The number of hydrogen-bond donors (Lipinski definition) is 3. The number of nitrogens with zero attached hydrogens (tertiary/aromatic N) is 1. The minimum atomic E-state index is -0.199. The normalized spacial score (nSPS) is 20.0. The van der Waals surface area contributed by atoms with Gasteiger partial charge in [-0.1, -0.05) is 18.0 Å². The van der Waals surface area contributed by atoms with Crippen LogP contribution >= 0.6 is 11.6 Å². The van der Waals surface area contributed by atoms with Gasteiger partial charge in [0.1, 0.15) is 0 Å². The van der Waals surface area contributed by atoms with Crippen molar-refractivity contribution in [1.29, 1.82) is 0 Å². The highest BCUT2D eigenvalue weighted by Gasteiger charge is 2.28. The molecule has 0 radical (unpaired) electrons. The quantitative estimate of drug-likeness (QED) is 0.711. The first kappa shape index (κ1) is 19.1. The molecule has 0 spiro atoms. The summed E-state index contributed by atoms with van der Waals surface area (Å²) in [4.78, 5) is 29.9. The van der Waals surface area contributed by atoms with E-state index in [-0.39, 0.29) is 18.0 Å². The highest BCUT2D eigenvalue weighted by molar-refractivity contribution is 6.31. The molecule has 6 nitrogen and oxygen atoms in total. The van der Waals surface area contributed by atoms with Gasteiger partial charge in [-0.2, -0.15) is 0 Å². The van der Waals surface area contributed by atoms with Crippen LogP contribution in [0.25, 0.3) is 10.9 Å². The molecule has 0 bridgehead atoms. The van der Waals surface area contributed by atoms with Gasteiger partial charge in [0, 0.05) is 47.2 Å². The maximum Gasteiger partial charge on any atom is 0.315 e. The largest absolute Gasteiger partial charge is 0.357 e. The van der Waals surface area contributed by atoms with Crippen molar-refractivity contribution >= 4 is 34.4 Å². The number of fused-ring (bicyclic) bond motifs is 1. The summed E-state index contributed by atoms with van der Waals surface area (Å²) < 4.78 is 0. The number of benzene rings is 1. The predicted molar refractivity (Wildman–Crippen MR) is 110 cm³/mol. The van der Waals surface area contributed by atoms with Crippen LogP contribution in [-0.2, 0) is 11.3 Å². The molecule has 1 aromatic heterocycles. The third-order valence-electron chi connectivity index (χ3n) is 5.88. The summed E-state index contributed by atoms with van der Waals surface area (Å²) in [6.07, 6.45) is 6.14. The Morgan fingerprint density at radius 1 is 1.18 bits per heavy atom. The average Bonchev–Trinajstić information content (AvgIpc) is 3.05. The number of carbonyl (C=O) groups excluding carboxylic acids is 2. The number of aromatic nitrogens is 1. The van der Waals surface area contributed by atoms with Gasteiger partial charge >= 0.3 is 6.03 Å². The summed E-state index contributed by atoms with van der Waals surface area (Å²) in [6, 6.07) is 7.47. The van der Waals surface area contributed by atoms with E-state index in [1.165, 1.54) is 19.3 Å². The van der Waals surface area contributed by atoms with Crippen molar-refractivity contribution in [3.63, 3.8) is 0 Å². The molecule has 4 rings (SSSR count). The van der Waals surface area contributed by atoms with E-state index in [0.29, 0.717) is 30.5 Å². The van der Waals surface area contributed by atoms with E-state index in [2.05, 4.69) is 15.6 Å². The zero-order valence-electron chi connectivity index (χ0n) is 16.0. The number of rotatable bonds is 5. The molecule has 3 N–H and O–H groups in total. The Morgan fingerprint density at radius 3 is 2.82 bits per heavy atom. The topological polar surface area (TPSA) is 77.2 Å². The van der Waals surface area contributed by atoms with E-state index in [4.69, 9.17) is 11.6 Å². The number of piperidine rings is 1. The first-order valence-electron chi connectivity index (χ1n) is 10.2. The van der Waals surface area contributed by atoms with Crippen molar-refractivity contribution in [2.75, 3.05) is 13.1 Å². The summed E-state index contributed by atoms with van der Waals surface area (Å²) in [5, 5.41) is 7.64. The second kappa shape index (κ2) is 8.43. The Balaban J connectivity index is 1.25. The summed E-state index contributed by atoms with van der Waals surface area (Å²) in [5.74, 6) is 0.823. The second-order valence-corrected chi connectivity index (χ2v) is 8.47. The molecule has 1 atom stereocenters. The highest BCUT2D eigenvalue weighted by atomic mass is 35.5. The molecule has 2 fully saturated rings. The van der Waals surface area contributed by atoms with Crippen LogP contribution in [0.1, 0.15) is 44.2 Å². The minimum absolute atomic E-state index is 0.0145. The molecule has 28 heavy (non-hydrogen) atoms. The van der Waals surface area contributed by atoms with Gasteiger partial charge < -0.3 is 20.5 Å². The molecule has 1 saturated heterocycles. The molecule has 7 heteroatoms. The number of H-pyrrole nitrogens is 1. The number of aromatic amines is 1. The van der Waals surface area contributed by atoms with Gasteiger partial charge in [0.15, 0.2) is 0 Å². The monoisotopic (exact) mass is 402 g/mol. The van der Waals surface area contributed by atoms with E-state index in [9.17, 15) is 9.59 Å². The molecule has 1 aliphatic carbocycles. The van der Waals surface area contributed by atoms with Crippen LogP contribution in [0, 0.1) is 5.92 Å². The first-order valence-corrected chi connectivity index (χ1v) is 10.5. The summed E-state index contributed by atoms with van der Waals surface area (Å²) in [6.45, 7) is 1.84. The molecular weight excluding hydrogens is 376 g/mol. The number of nitrogens with one attached hydrogen (secondary N) is 3. The molecule has 0 unspecified atom stereocenters. The number of halogens is 1. The fourth-order valence-corrected chi connectivity index (χ4v) is 4.25. The summed E-state index contributed by atoms with van der Waals surface area (Å²) in [7, 11) is 0. The van der Waals surface area contributed by atoms with Crippen LogP contribution in [0.3, 0.4) is 0 Å². The van der Waals surface area contributed by atoms with Crippen molar-refractivity contribution < 1.29 is 9.59 Å². The lowest BCUT2D eigenvalue weighted by molar-refractivity contribution is -0.134. The molecular formula is C21H27ClN4O2. The van der Waals surface area contributed by atoms with E-state index in [1.807, 2.05) is 29.2 Å². The third kappa shape index (κ3) is 4.61. The minimum Gasteiger partial charge on any atom is -0.357 e. The number of likely N-dealkylation sites (tertiary alicyclic amines) is 1. The van der Waals surface area contributed by atoms with Gasteiger partial charge in [0.05, 0.1) is 6.54 Å². The maximum atomic E-state index is 12.4. The van der Waals surface area contributed by atoms with Crippen LogP contribution in [0.2, 0.25) is 5.02 Å². The number of amides is 3.